The van der Waals surface area contributed by atoms with Gasteiger partial charge in [0.2, 0.25) is 0 Å². The number of hydrogen-bond acceptors (Lipinski definition) is 1. The second kappa shape index (κ2) is 4.14. The third kappa shape index (κ3) is 1.98. The highest BCUT2D eigenvalue weighted by molar-refractivity contribution is 6.31. The van der Waals surface area contributed by atoms with Gasteiger partial charge in [0, 0.05) is 10.6 Å². The highest BCUT2D eigenvalue weighted by Crippen LogP contribution is 2.27. The van der Waals surface area contributed by atoms with Crippen LogP contribution in [-0.4, -0.2) is 5.78 Å². The highest BCUT2D eigenvalue weighted by Gasteiger charge is 2.25. The first kappa shape index (κ1) is 9.72. The first-order valence-corrected chi connectivity index (χ1v) is 4.67. The molecule has 0 bridgehead atoms. The highest BCUT2D eigenvalue weighted by atomic mass is 35.5. The van der Waals surface area contributed by atoms with Gasteiger partial charge in [-0.3, -0.25) is 4.79 Å². The van der Waals surface area contributed by atoms with E-state index in [0.29, 0.717) is 16.5 Å². The third-order valence-corrected chi connectivity index (χ3v) is 2.25. The van der Waals surface area contributed by atoms with E-state index in [9.17, 15) is 4.79 Å². The summed E-state index contributed by atoms with van der Waals surface area (Å²) < 4.78 is 0. The maximum atomic E-state index is 11.8. The monoisotopic (exact) mass is 203 g/mol. The topological polar surface area (TPSA) is 17.1 Å². The molecule has 0 amide bonds. The van der Waals surface area contributed by atoms with Gasteiger partial charge in [0.25, 0.3) is 0 Å². The number of halogens is 1. The van der Waals surface area contributed by atoms with Gasteiger partial charge in [-0.1, -0.05) is 23.7 Å². The van der Waals surface area contributed by atoms with Crippen LogP contribution >= 0.6 is 11.6 Å². The molecule has 0 heterocycles. The minimum Gasteiger partial charge on any atom is -0.293 e. The van der Waals surface area contributed by atoms with E-state index in [1.165, 1.54) is 0 Å². The van der Waals surface area contributed by atoms with Crippen LogP contribution in [0.25, 0.3) is 0 Å². The van der Waals surface area contributed by atoms with Crippen molar-refractivity contribution in [3.8, 4) is 0 Å². The van der Waals surface area contributed by atoms with Gasteiger partial charge in [-0.25, -0.2) is 0 Å². The predicted molar refractivity (Wildman–Crippen MR) is 56.2 cm³/mol. The van der Waals surface area contributed by atoms with Crippen molar-refractivity contribution in [2.75, 3.05) is 0 Å². The smallest absolute Gasteiger partial charge is 0.170 e. The van der Waals surface area contributed by atoms with E-state index in [0.717, 1.165) is 0 Å². The summed E-state index contributed by atoms with van der Waals surface area (Å²) in [7, 11) is 0. The molecule has 0 spiro atoms. The summed E-state index contributed by atoms with van der Waals surface area (Å²) in [5.41, 5.74) is 0.628. The molecule has 1 nitrogen and oxygen atoms in total. The lowest BCUT2D eigenvalue weighted by atomic mass is 9.96. The molecule has 1 aliphatic rings. The Hall–Kier alpha value is -0.820. The molecule has 0 unspecified atom stereocenters. The zero-order valence-corrected chi connectivity index (χ0v) is 8.16. The van der Waals surface area contributed by atoms with E-state index >= 15 is 0 Å². The molecule has 0 aromatic heterocycles. The zero-order chi connectivity index (χ0) is 9.97. The van der Waals surface area contributed by atoms with Crippen LogP contribution in [-0.2, 0) is 0 Å². The lowest BCUT2D eigenvalue weighted by Crippen LogP contribution is -2.09. The molecule has 2 heteroatoms. The Bertz CT molecular complexity index is 340. The summed E-state index contributed by atoms with van der Waals surface area (Å²) in [5.74, 6) is 0.713. The Morgan fingerprint density at radius 2 is 1.86 bits per heavy atom. The normalized spacial score (nSPS) is 17.2. The van der Waals surface area contributed by atoms with Gasteiger partial charge in [-0.05, 0) is 37.8 Å². The molecular formula is C12H8ClO. The van der Waals surface area contributed by atoms with Gasteiger partial charge in [-0.15, -0.1) is 0 Å². The maximum absolute atomic E-state index is 11.8. The number of rotatable bonds is 2. The molecular weight excluding hydrogens is 196 g/mol. The van der Waals surface area contributed by atoms with Gasteiger partial charge in [0.15, 0.2) is 5.78 Å². The number of hydrogen-bond donors (Lipinski definition) is 0. The fraction of sp³-hybridized carbons (Fsp3) is 0. The first-order valence-electron chi connectivity index (χ1n) is 4.29. The average molecular weight is 204 g/mol. The minimum atomic E-state index is 0.0116. The van der Waals surface area contributed by atoms with Crippen molar-refractivity contribution in [3.05, 3.63) is 66.5 Å². The van der Waals surface area contributed by atoms with Gasteiger partial charge in [0.1, 0.15) is 0 Å². The van der Waals surface area contributed by atoms with Crippen molar-refractivity contribution in [3.63, 3.8) is 0 Å². The minimum absolute atomic E-state index is 0.0116. The standard InChI is InChI=1S/C12H8ClO/c13-11-7-3-6-10(8-11)12(14)9-4-1-2-5-9/h1-8H. The second-order valence-electron chi connectivity index (χ2n) is 3.01. The molecule has 0 aliphatic heterocycles. The van der Waals surface area contributed by atoms with E-state index in [1.54, 1.807) is 37.1 Å². The fourth-order valence-electron chi connectivity index (χ4n) is 1.32. The van der Waals surface area contributed by atoms with Gasteiger partial charge >= 0.3 is 0 Å². The molecule has 69 valence electrons. The van der Waals surface area contributed by atoms with Crippen LogP contribution in [0.2, 0.25) is 5.02 Å². The largest absolute Gasteiger partial charge is 0.293 e. The van der Waals surface area contributed by atoms with Crippen molar-refractivity contribution >= 4 is 17.4 Å². The second-order valence-corrected chi connectivity index (χ2v) is 3.45. The molecule has 1 aromatic rings. The summed E-state index contributed by atoms with van der Waals surface area (Å²) in [4.78, 5) is 11.8. The first-order chi connectivity index (χ1) is 6.77. The Labute approximate surface area is 89.1 Å². The van der Waals surface area contributed by atoms with Crippen LogP contribution < -0.4 is 0 Å². The fourth-order valence-corrected chi connectivity index (χ4v) is 1.51. The summed E-state index contributed by atoms with van der Waals surface area (Å²) in [6.07, 6.45) is 7.28. The predicted octanol–water partition coefficient (Wildman–Crippen LogP) is 2.93. The number of Topliss-reactive ketones (excluding diaryl/α,β-unsaturated/α-hetero) is 1. The molecule has 1 aromatic carbocycles. The molecule has 0 saturated heterocycles. The van der Waals surface area contributed by atoms with Crippen molar-refractivity contribution in [1.29, 1.82) is 0 Å². The Kier molecular flexibility index (Phi) is 2.87. The Morgan fingerprint density at radius 3 is 2.50 bits per heavy atom. The number of carbonyl (C=O) groups excluding carboxylic acids is 1. The van der Waals surface area contributed by atoms with Crippen molar-refractivity contribution in [1.82, 2.24) is 0 Å². The van der Waals surface area contributed by atoms with E-state index in [2.05, 4.69) is 0 Å². The summed E-state index contributed by atoms with van der Waals surface area (Å²) in [5, 5.41) is 0.586. The van der Waals surface area contributed by atoms with Gasteiger partial charge in [0.05, 0.1) is 5.92 Å². The summed E-state index contributed by atoms with van der Waals surface area (Å²) >= 11 is 5.80. The lowest BCUT2D eigenvalue weighted by Gasteiger charge is -2.06. The molecule has 1 aliphatic carbocycles. The van der Waals surface area contributed by atoms with Crippen LogP contribution in [0, 0.1) is 31.6 Å². The van der Waals surface area contributed by atoms with Gasteiger partial charge in [-0.2, -0.15) is 0 Å². The Morgan fingerprint density at radius 1 is 1.14 bits per heavy atom. The summed E-state index contributed by atoms with van der Waals surface area (Å²) in [6.45, 7) is 0. The molecule has 0 atom stereocenters. The lowest BCUT2D eigenvalue weighted by molar-refractivity contribution is 0.101. The number of benzene rings is 1. The van der Waals surface area contributed by atoms with Crippen molar-refractivity contribution in [2.45, 2.75) is 0 Å². The quantitative estimate of drug-likeness (QED) is 0.676. The number of ketones is 1. The van der Waals surface area contributed by atoms with Crippen molar-refractivity contribution in [2.24, 2.45) is 0 Å². The molecule has 14 heavy (non-hydrogen) atoms. The van der Waals surface area contributed by atoms with E-state index in [4.69, 9.17) is 11.6 Å². The molecule has 1 saturated carbocycles. The Balaban J connectivity index is 2.17. The average Bonchev–Trinajstić information content (AvgIpc) is 2.69. The van der Waals surface area contributed by atoms with Crippen LogP contribution in [0.5, 0.6) is 0 Å². The van der Waals surface area contributed by atoms with E-state index in [-0.39, 0.29) is 5.78 Å². The maximum Gasteiger partial charge on any atom is 0.170 e. The SMILES string of the molecule is O=C([C]1[CH][CH][CH][CH]1)c1cccc(Cl)c1. The van der Waals surface area contributed by atoms with Crippen LogP contribution in [0.15, 0.2) is 24.3 Å². The molecule has 0 N–H and O–H groups in total. The number of carbonyl (C=O) groups is 1. The van der Waals surface area contributed by atoms with Crippen molar-refractivity contribution < 1.29 is 4.79 Å². The van der Waals surface area contributed by atoms with Crippen LogP contribution in [0.3, 0.4) is 0 Å². The molecule has 2 rings (SSSR count). The van der Waals surface area contributed by atoms with Gasteiger partial charge < -0.3 is 0 Å². The molecule has 5 radical (unpaired) electrons. The van der Waals surface area contributed by atoms with E-state index in [1.807, 2.05) is 12.8 Å². The zero-order valence-electron chi connectivity index (χ0n) is 7.41. The van der Waals surface area contributed by atoms with E-state index < -0.39 is 0 Å². The molecule has 1 fully saturated rings. The van der Waals surface area contributed by atoms with Crippen LogP contribution in [0.1, 0.15) is 10.4 Å². The summed E-state index contributed by atoms with van der Waals surface area (Å²) in [6, 6.07) is 6.97. The van der Waals surface area contributed by atoms with Crippen LogP contribution in [0.4, 0.5) is 0 Å². The third-order valence-electron chi connectivity index (χ3n) is 2.01.